The van der Waals surface area contributed by atoms with Crippen molar-refractivity contribution in [3.8, 4) is 11.1 Å². The Balaban J connectivity index is 0.00000120. The minimum atomic E-state index is 0. The normalized spacial score (nSPS) is 11.3. The van der Waals surface area contributed by atoms with Crippen LogP contribution in [0, 0.1) is 6.07 Å². The molecule has 2 aromatic rings. The van der Waals surface area contributed by atoms with Crippen LogP contribution in [-0.2, 0) is 38.0 Å². The molecule has 0 spiro atoms. The van der Waals surface area contributed by atoms with Crippen molar-refractivity contribution in [2.24, 2.45) is 0 Å². The molecule has 0 heterocycles. The summed E-state index contributed by atoms with van der Waals surface area (Å²) in [5.41, 5.74) is 7.05. The van der Waals surface area contributed by atoms with Crippen LogP contribution in [0.1, 0.15) is 37.5 Å². The van der Waals surface area contributed by atoms with Crippen molar-refractivity contribution in [2.45, 2.75) is 32.6 Å². The first-order valence-electron chi connectivity index (χ1n) is 6.20. The smallest absolute Gasteiger partial charge is 1.00 e. The van der Waals surface area contributed by atoms with Gasteiger partial charge in [0.1, 0.15) is 0 Å². The Bertz CT molecular complexity index is 586. The van der Waals surface area contributed by atoms with E-state index in [-0.39, 0.29) is 56.4 Å². The monoisotopic (exact) mass is 381 g/mol. The molecule has 0 aliphatic heterocycles. The maximum Gasteiger partial charge on any atom is 3.00 e. The second kappa shape index (κ2) is 7.25. The molecule has 3 heteroatoms. The Kier molecular flexibility index (Phi) is 7.22. The van der Waals surface area contributed by atoms with Crippen molar-refractivity contribution in [3.05, 3.63) is 59.2 Å². The van der Waals surface area contributed by atoms with E-state index in [0.717, 1.165) is 6.42 Å². The summed E-state index contributed by atoms with van der Waals surface area (Å²) in [4.78, 5) is 0. The molecule has 1 aliphatic carbocycles. The van der Waals surface area contributed by atoms with Gasteiger partial charge in [0, 0.05) is 0 Å². The van der Waals surface area contributed by atoms with Crippen LogP contribution in [0.15, 0.2) is 36.4 Å². The number of fused-ring (bicyclic) bond motifs is 3. The van der Waals surface area contributed by atoms with Gasteiger partial charge in [-0.15, -0.1) is 11.1 Å². The average Bonchev–Trinajstić information content (AvgIpc) is 2.65. The fourth-order valence-corrected chi connectivity index (χ4v) is 2.50. The van der Waals surface area contributed by atoms with E-state index in [1.165, 1.54) is 27.8 Å². The summed E-state index contributed by atoms with van der Waals surface area (Å²) in [5, 5.41) is 0. The van der Waals surface area contributed by atoms with Gasteiger partial charge in [-0.25, -0.2) is 0 Å². The molecule has 0 fully saturated rings. The van der Waals surface area contributed by atoms with Crippen LogP contribution >= 0.6 is 0 Å². The number of hydrogen-bond donors (Lipinski definition) is 0. The summed E-state index contributed by atoms with van der Waals surface area (Å²) in [6.45, 7) is 6.73. The van der Waals surface area contributed by atoms with Crippen LogP contribution in [0.25, 0.3) is 11.1 Å². The van der Waals surface area contributed by atoms with Gasteiger partial charge >= 0.3 is 26.2 Å². The van der Waals surface area contributed by atoms with Crippen LogP contribution in [0.4, 0.5) is 0 Å². The molecule has 20 heavy (non-hydrogen) atoms. The molecule has 0 amide bonds. The van der Waals surface area contributed by atoms with E-state index in [1.54, 1.807) is 0 Å². The third kappa shape index (κ3) is 3.56. The van der Waals surface area contributed by atoms with Crippen molar-refractivity contribution >= 4 is 0 Å². The quantitative estimate of drug-likeness (QED) is 0.409. The first-order chi connectivity index (χ1) is 8.05. The maximum absolute atomic E-state index is 3.61. The van der Waals surface area contributed by atoms with E-state index < -0.39 is 0 Å². The van der Waals surface area contributed by atoms with E-state index >= 15 is 0 Å². The first-order valence-corrected chi connectivity index (χ1v) is 6.20. The van der Waals surface area contributed by atoms with E-state index in [9.17, 15) is 0 Å². The minimum Gasteiger partial charge on any atom is -1.00 e. The molecule has 2 aromatic carbocycles. The molecule has 0 nitrogen and oxygen atoms in total. The first kappa shape index (κ1) is 19.9. The molecule has 0 saturated heterocycles. The third-order valence-corrected chi connectivity index (χ3v) is 3.51. The predicted molar refractivity (Wildman–Crippen MR) is 72.2 cm³/mol. The van der Waals surface area contributed by atoms with Gasteiger partial charge in [0.15, 0.2) is 0 Å². The third-order valence-electron chi connectivity index (χ3n) is 3.51. The second-order valence-corrected chi connectivity index (χ2v) is 5.85. The van der Waals surface area contributed by atoms with Gasteiger partial charge in [-0.3, -0.25) is 0 Å². The summed E-state index contributed by atoms with van der Waals surface area (Å²) in [7, 11) is 0. The van der Waals surface area contributed by atoms with E-state index in [1.807, 2.05) is 0 Å². The van der Waals surface area contributed by atoms with Crippen LogP contribution in [-0.4, -0.2) is 0 Å². The Morgan fingerprint density at radius 1 is 0.900 bits per heavy atom. The van der Waals surface area contributed by atoms with Gasteiger partial charge < -0.3 is 24.8 Å². The summed E-state index contributed by atoms with van der Waals surface area (Å²) in [5.74, 6) is 0. The van der Waals surface area contributed by atoms with Crippen LogP contribution < -0.4 is 24.8 Å². The van der Waals surface area contributed by atoms with Crippen molar-refractivity contribution in [3.63, 3.8) is 0 Å². The topological polar surface area (TPSA) is 0 Å². The Hall–Kier alpha value is -0.0969. The SMILES string of the molecule is CC(C)(C)c1[c-]c2c(cc1)-c1ccccc1C2.[Cl-].[Cl-].[Zr+3]. The van der Waals surface area contributed by atoms with Crippen LogP contribution in [0.2, 0.25) is 0 Å². The number of hydrogen-bond acceptors (Lipinski definition) is 0. The van der Waals surface area contributed by atoms with Gasteiger partial charge in [-0.2, -0.15) is 23.8 Å². The van der Waals surface area contributed by atoms with Crippen LogP contribution in [0.3, 0.4) is 0 Å². The molecule has 1 aliphatic rings. The zero-order valence-electron chi connectivity index (χ0n) is 11.9. The number of rotatable bonds is 0. The molecule has 0 atom stereocenters. The molecule has 103 valence electrons. The Morgan fingerprint density at radius 3 is 2.20 bits per heavy atom. The summed E-state index contributed by atoms with van der Waals surface area (Å²) in [6, 6.07) is 16.8. The van der Waals surface area contributed by atoms with Gasteiger partial charge in [-0.1, -0.05) is 56.2 Å². The van der Waals surface area contributed by atoms with Crippen molar-refractivity contribution in [1.82, 2.24) is 0 Å². The molecule has 0 N–H and O–H groups in total. The average molecular weight is 383 g/mol. The fraction of sp³-hybridized carbons (Fsp3) is 0.294. The molecule has 1 radical (unpaired) electrons. The van der Waals surface area contributed by atoms with Gasteiger partial charge in [0.2, 0.25) is 0 Å². The van der Waals surface area contributed by atoms with E-state index in [4.69, 9.17) is 0 Å². The minimum absolute atomic E-state index is 0. The van der Waals surface area contributed by atoms with E-state index in [0.29, 0.717) is 0 Å². The predicted octanol–water partition coefficient (Wildman–Crippen LogP) is -1.64. The number of benzene rings is 2. The zero-order valence-corrected chi connectivity index (χ0v) is 15.9. The number of halogens is 2. The standard InChI is InChI=1S/C17H17.2ClH.Zr/c1-17(2,3)14-8-9-16-13(11-14)10-12-6-4-5-7-15(12)16;;;/h4-9H,10H2,1-3H3;2*1H;/q-1;;;+3/p-2. The summed E-state index contributed by atoms with van der Waals surface area (Å²) < 4.78 is 0. The molecular formula is C17H17Cl2Zr. The van der Waals surface area contributed by atoms with Crippen LogP contribution in [0.5, 0.6) is 0 Å². The molecule has 3 rings (SSSR count). The van der Waals surface area contributed by atoms with Crippen molar-refractivity contribution in [1.29, 1.82) is 0 Å². The van der Waals surface area contributed by atoms with Gasteiger partial charge in [-0.05, 0) is 11.8 Å². The molecular weight excluding hydrogens is 366 g/mol. The summed E-state index contributed by atoms with van der Waals surface area (Å²) in [6.07, 6.45) is 1.04. The zero-order chi connectivity index (χ0) is 12.0. The summed E-state index contributed by atoms with van der Waals surface area (Å²) >= 11 is 0. The van der Waals surface area contributed by atoms with Gasteiger partial charge in [0.05, 0.1) is 0 Å². The van der Waals surface area contributed by atoms with Gasteiger partial charge in [0.25, 0.3) is 0 Å². The maximum atomic E-state index is 3.61. The largest absolute Gasteiger partial charge is 3.00 e. The van der Waals surface area contributed by atoms with Crippen molar-refractivity contribution in [2.75, 3.05) is 0 Å². The molecule has 0 saturated carbocycles. The molecule has 0 unspecified atom stereocenters. The Morgan fingerprint density at radius 2 is 1.55 bits per heavy atom. The Labute approximate surface area is 153 Å². The molecule has 0 aromatic heterocycles. The second-order valence-electron chi connectivity index (χ2n) is 5.85. The molecule has 0 bridgehead atoms. The fourth-order valence-electron chi connectivity index (χ4n) is 2.50. The van der Waals surface area contributed by atoms with E-state index in [2.05, 4.69) is 63.2 Å². The van der Waals surface area contributed by atoms with Crippen molar-refractivity contribution < 1.29 is 51.0 Å².